The molecule has 0 bridgehead atoms. The van der Waals surface area contributed by atoms with Gasteiger partial charge in [-0.25, -0.2) is 0 Å². The highest BCUT2D eigenvalue weighted by molar-refractivity contribution is 9.11. The number of benzene rings is 1. The van der Waals surface area contributed by atoms with Crippen molar-refractivity contribution in [1.82, 2.24) is 10.2 Å². The third-order valence-electron chi connectivity index (χ3n) is 2.53. The number of hydrogen-bond acceptors (Lipinski definition) is 3. The van der Waals surface area contributed by atoms with E-state index in [2.05, 4.69) is 42.1 Å². The Morgan fingerprint density at radius 2 is 2.00 bits per heavy atom. The molecule has 16 heavy (non-hydrogen) atoms. The van der Waals surface area contributed by atoms with Crippen LogP contribution in [0.2, 0.25) is 0 Å². The molecule has 0 spiro atoms. The van der Waals surface area contributed by atoms with Crippen molar-refractivity contribution < 1.29 is 4.42 Å². The summed E-state index contributed by atoms with van der Waals surface area (Å²) in [5.41, 5.74) is 0.933. The smallest absolute Gasteiger partial charge is 0.248 e. The average molecular weight is 344 g/mol. The van der Waals surface area contributed by atoms with Crippen molar-refractivity contribution in [3.63, 3.8) is 0 Å². The molecule has 1 saturated carbocycles. The Hall–Kier alpha value is -0.680. The lowest BCUT2D eigenvalue weighted by Gasteiger charge is -1.99. The Bertz CT molecular complexity index is 535. The van der Waals surface area contributed by atoms with Crippen LogP contribution in [0.4, 0.5) is 0 Å². The average Bonchev–Trinajstić information content (AvgIpc) is 2.98. The molecule has 0 unspecified atom stereocenters. The normalized spacial score (nSPS) is 15.4. The third-order valence-corrected chi connectivity index (χ3v) is 3.68. The van der Waals surface area contributed by atoms with Gasteiger partial charge in [0.15, 0.2) is 0 Å². The van der Waals surface area contributed by atoms with Crippen LogP contribution < -0.4 is 0 Å². The topological polar surface area (TPSA) is 38.9 Å². The zero-order chi connectivity index (χ0) is 11.1. The van der Waals surface area contributed by atoms with Crippen LogP contribution in [0.25, 0.3) is 11.5 Å². The van der Waals surface area contributed by atoms with Gasteiger partial charge in [0, 0.05) is 14.9 Å². The minimum Gasteiger partial charge on any atom is -0.420 e. The second-order valence-electron chi connectivity index (χ2n) is 3.84. The Kier molecular flexibility index (Phi) is 2.59. The second-order valence-corrected chi connectivity index (χ2v) is 5.61. The molecular formula is C11H8Br2N2O. The van der Waals surface area contributed by atoms with E-state index in [0.717, 1.165) is 20.4 Å². The maximum atomic E-state index is 5.65. The van der Waals surface area contributed by atoms with Crippen LogP contribution in [-0.4, -0.2) is 10.2 Å². The number of nitrogens with zero attached hydrogens (tertiary/aromatic N) is 2. The summed E-state index contributed by atoms with van der Waals surface area (Å²) in [5.74, 6) is 1.85. The lowest BCUT2D eigenvalue weighted by Crippen LogP contribution is -1.80. The molecule has 5 heteroatoms. The van der Waals surface area contributed by atoms with E-state index in [1.807, 2.05) is 18.2 Å². The molecule has 0 N–H and O–H groups in total. The van der Waals surface area contributed by atoms with Crippen molar-refractivity contribution in [2.24, 2.45) is 0 Å². The van der Waals surface area contributed by atoms with Crippen molar-refractivity contribution in [3.8, 4) is 11.5 Å². The van der Waals surface area contributed by atoms with Gasteiger partial charge in [-0.05, 0) is 47.0 Å². The third kappa shape index (κ3) is 1.94. The summed E-state index contributed by atoms with van der Waals surface area (Å²) in [7, 11) is 0. The summed E-state index contributed by atoms with van der Waals surface area (Å²) >= 11 is 6.90. The molecule has 82 valence electrons. The second kappa shape index (κ2) is 3.96. The van der Waals surface area contributed by atoms with Crippen molar-refractivity contribution in [2.75, 3.05) is 0 Å². The summed E-state index contributed by atoms with van der Waals surface area (Å²) in [6.07, 6.45) is 2.34. The first kappa shape index (κ1) is 10.5. The van der Waals surface area contributed by atoms with Crippen molar-refractivity contribution in [3.05, 3.63) is 33.0 Å². The minimum absolute atomic E-state index is 0.496. The molecule has 0 amide bonds. The molecular weight excluding hydrogens is 336 g/mol. The standard InChI is InChI=1S/C11H8Br2N2O/c12-7-3-4-8(9(13)5-7)11-15-14-10(16-11)6-1-2-6/h3-6H,1-2H2. The zero-order valence-corrected chi connectivity index (χ0v) is 11.5. The zero-order valence-electron chi connectivity index (χ0n) is 8.28. The Balaban J connectivity index is 2.00. The van der Waals surface area contributed by atoms with E-state index in [-0.39, 0.29) is 0 Å². The molecule has 0 aliphatic heterocycles. The van der Waals surface area contributed by atoms with Gasteiger partial charge in [-0.15, -0.1) is 10.2 Å². The summed E-state index contributed by atoms with van der Waals surface area (Å²) < 4.78 is 7.62. The van der Waals surface area contributed by atoms with Gasteiger partial charge in [-0.3, -0.25) is 0 Å². The van der Waals surface area contributed by atoms with Gasteiger partial charge < -0.3 is 4.42 Å². The fourth-order valence-corrected chi connectivity index (χ4v) is 2.72. The van der Waals surface area contributed by atoms with E-state index in [1.54, 1.807) is 0 Å². The van der Waals surface area contributed by atoms with Crippen LogP contribution in [0.3, 0.4) is 0 Å². The predicted molar refractivity (Wildman–Crippen MR) is 67.1 cm³/mol. The van der Waals surface area contributed by atoms with Gasteiger partial charge in [-0.2, -0.15) is 0 Å². The quantitative estimate of drug-likeness (QED) is 0.822. The highest BCUT2D eigenvalue weighted by Gasteiger charge is 2.29. The van der Waals surface area contributed by atoms with Gasteiger partial charge >= 0.3 is 0 Å². The van der Waals surface area contributed by atoms with Crippen LogP contribution in [0.1, 0.15) is 24.7 Å². The molecule has 2 aromatic rings. The summed E-state index contributed by atoms with van der Waals surface area (Å²) in [6, 6.07) is 5.88. The van der Waals surface area contributed by atoms with Crippen LogP contribution >= 0.6 is 31.9 Å². The molecule has 3 rings (SSSR count). The van der Waals surface area contributed by atoms with Gasteiger partial charge in [0.1, 0.15) is 0 Å². The molecule has 1 aliphatic rings. The van der Waals surface area contributed by atoms with Crippen LogP contribution in [-0.2, 0) is 0 Å². The minimum atomic E-state index is 0.496. The Morgan fingerprint density at radius 1 is 1.19 bits per heavy atom. The molecule has 0 atom stereocenters. The number of rotatable bonds is 2. The van der Waals surface area contributed by atoms with E-state index in [9.17, 15) is 0 Å². The molecule has 1 aromatic heterocycles. The Morgan fingerprint density at radius 3 is 2.69 bits per heavy atom. The van der Waals surface area contributed by atoms with Crippen LogP contribution in [0.5, 0.6) is 0 Å². The maximum absolute atomic E-state index is 5.65. The summed E-state index contributed by atoms with van der Waals surface area (Å²) in [6.45, 7) is 0. The maximum Gasteiger partial charge on any atom is 0.248 e. The van der Waals surface area contributed by atoms with Crippen molar-refractivity contribution >= 4 is 31.9 Å². The first-order valence-electron chi connectivity index (χ1n) is 5.03. The van der Waals surface area contributed by atoms with E-state index in [0.29, 0.717) is 11.8 Å². The van der Waals surface area contributed by atoms with E-state index in [4.69, 9.17) is 4.42 Å². The lowest BCUT2D eigenvalue weighted by molar-refractivity contribution is 0.508. The molecule has 1 aromatic carbocycles. The summed E-state index contributed by atoms with van der Waals surface area (Å²) in [5, 5.41) is 8.15. The highest BCUT2D eigenvalue weighted by atomic mass is 79.9. The van der Waals surface area contributed by atoms with Gasteiger partial charge in [-0.1, -0.05) is 15.9 Å². The lowest BCUT2D eigenvalue weighted by atomic mass is 10.2. The molecule has 1 heterocycles. The monoisotopic (exact) mass is 342 g/mol. The number of halogens is 2. The fourth-order valence-electron chi connectivity index (χ4n) is 1.50. The Labute approximate surface area is 110 Å². The number of hydrogen-bond donors (Lipinski definition) is 0. The van der Waals surface area contributed by atoms with E-state index >= 15 is 0 Å². The van der Waals surface area contributed by atoms with Crippen LogP contribution in [0, 0.1) is 0 Å². The predicted octanol–water partition coefficient (Wildman–Crippen LogP) is 4.14. The summed E-state index contributed by atoms with van der Waals surface area (Å²) in [4.78, 5) is 0. The van der Waals surface area contributed by atoms with E-state index in [1.165, 1.54) is 12.8 Å². The first-order valence-corrected chi connectivity index (χ1v) is 6.61. The largest absolute Gasteiger partial charge is 0.420 e. The molecule has 0 radical (unpaired) electrons. The highest BCUT2D eigenvalue weighted by Crippen LogP contribution is 2.40. The van der Waals surface area contributed by atoms with Crippen LogP contribution in [0.15, 0.2) is 31.6 Å². The molecule has 1 fully saturated rings. The SMILES string of the molecule is Brc1ccc(-c2nnc(C3CC3)o2)c(Br)c1. The van der Waals surface area contributed by atoms with E-state index < -0.39 is 0 Å². The van der Waals surface area contributed by atoms with Gasteiger partial charge in [0.25, 0.3) is 0 Å². The molecule has 0 saturated heterocycles. The van der Waals surface area contributed by atoms with Gasteiger partial charge in [0.05, 0.1) is 5.56 Å². The number of aromatic nitrogens is 2. The van der Waals surface area contributed by atoms with Gasteiger partial charge in [0.2, 0.25) is 11.8 Å². The first-order chi connectivity index (χ1) is 7.74. The van der Waals surface area contributed by atoms with Crippen molar-refractivity contribution in [1.29, 1.82) is 0 Å². The van der Waals surface area contributed by atoms with Crippen molar-refractivity contribution in [2.45, 2.75) is 18.8 Å². The molecule has 3 nitrogen and oxygen atoms in total. The fraction of sp³-hybridized carbons (Fsp3) is 0.273. The molecule has 1 aliphatic carbocycles.